The second-order valence-corrected chi connectivity index (χ2v) is 5.98. The zero-order chi connectivity index (χ0) is 13.4. The molecule has 1 unspecified atom stereocenters. The summed E-state index contributed by atoms with van der Waals surface area (Å²) in [5.41, 5.74) is 1.43. The summed E-state index contributed by atoms with van der Waals surface area (Å²) < 4.78 is 1.16. The predicted molar refractivity (Wildman–Crippen MR) is 84.0 cm³/mol. The molecule has 0 aliphatic heterocycles. The highest BCUT2D eigenvalue weighted by atomic mass is 79.9. The highest BCUT2D eigenvalue weighted by Crippen LogP contribution is 2.21. The van der Waals surface area contributed by atoms with Crippen LogP contribution in [0.25, 0.3) is 0 Å². The first-order valence-corrected chi connectivity index (χ1v) is 7.92. The van der Waals surface area contributed by atoms with Crippen molar-refractivity contribution in [3.8, 4) is 0 Å². The van der Waals surface area contributed by atoms with Crippen LogP contribution in [0.1, 0.15) is 45.1 Å². The monoisotopic (exact) mass is 311 g/mol. The van der Waals surface area contributed by atoms with E-state index in [0.29, 0.717) is 6.04 Å². The Morgan fingerprint density at radius 1 is 1.06 bits per heavy atom. The Morgan fingerprint density at radius 3 is 2.06 bits per heavy atom. The third-order valence-corrected chi connectivity index (χ3v) is 4.16. The highest BCUT2D eigenvalue weighted by molar-refractivity contribution is 9.10. The molecule has 0 fully saturated rings. The van der Waals surface area contributed by atoms with Crippen LogP contribution >= 0.6 is 15.9 Å². The molecule has 2 heteroatoms. The van der Waals surface area contributed by atoms with Crippen LogP contribution in [-0.2, 0) is 6.42 Å². The van der Waals surface area contributed by atoms with Gasteiger partial charge in [-0.3, -0.25) is 0 Å². The molecule has 102 valence electrons. The van der Waals surface area contributed by atoms with Gasteiger partial charge in [-0.2, -0.15) is 0 Å². The van der Waals surface area contributed by atoms with Crippen LogP contribution in [0.5, 0.6) is 0 Å². The second kappa shape index (κ2) is 8.71. The van der Waals surface area contributed by atoms with Crippen LogP contribution in [0.15, 0.2) is 28.7 Å². The van der Waals surface area contributed by atoms with E-state index in [1.165, 1.54) is 31.2 Å². The SMILES string of the molecule is CCCC(CCC)C(Cc1ccc(Br)cc1)NC. The number of likely N-dealkylation sites (N-methyl/N-ethyl adjacent to an activating group) is 1. The molecule has 1 N–H and O–H groups in total. The van der Waals surface area contributed by atoms with Crippen molar-refractivity contribution in [2.24, 2.45) is 5.92 Å². The topological polar surface area (TPSA) is 12.0 Å². The molecule has 0 radical (unpaired) electrons. The third kappa shape index (κ3) is 5.11. The molecular formula is C16H26BrN. The third-order valence-electron chi connectivity index (χ3n) is 3.63. The van der Waals surface area contributed by atoms with Crippen molar-refractivity contribution >= 4 is 15.9 Å². The molecule has 0 aliphatic rings. The van der Waals surface area contributed by atoms with E-state index in [1.807, 2.05) is 0 Å². The Hall–Kier alpha value is -0.340. The molecule has 1 rings (SSSR count). The van der Waals surface area contributed by atoms with Crippen molar-refractivity contribution < 1.29 is 0 Å². The summed E-state index contributed by atoms with van der Waals surface area (Å²) in [4.78, 5) is 0. The fourth-order valence-corrected chi connectivity index (χ4v) is 2.93. The second-order valence-electron chi connectivity index (χ2n) is 5.06. The zero-order valence-corrected chi connectivity index (χ0v) is 13.5. The Balaban J connectivity index is 2.66. The molecule has 0 aliphatic carbocycles. The summed E-state index contributed by atoms with van der Waals surface area (Å²) in [5, 5.41) is 3.52. The van der Waals surface area contributed by atoms with Crippen LogP contribution in [0.3, 0.4) is 0 Å². The van der Waals surface area contributed by atoms with E-state index >= 15 is 0 Å². The van der Waals surface area contributed by atoms with Gasteiger partial charge in [0.25, 0.3) is 0 Å². The molecule has 0 bridgehead atoms. The number of benzene rings is 1. The first-order valence-electron chi connectivity index (χ1n) is 7.12. The summed E-state index contributed by atoms with van der Waals surface area (Å²) >= 11 is 3.49. The normalized spacial score (nSPS) is 12.9. The number of rotatable bonds is 8. The van der Waals surface area contributed by atoms with E-state index in [9.17, 15) is 0 Å². The minimum Gasteiger partial charge on any atom is -0.316 e. The maximum Gasteiger partial charge on any atom is 0.0175 e. The Bertz CT molecular complexity index is 314. The first kappa shape index (κ1) is 15.7. The van der Waals surface area contributed by atoms with E-state index in [1.54, 1.807) is 0 Å². The molecule has 1 aromatic carbocycles. The summed E-state index contributed by atoms with van der Waals surface area (Å²) in [6, 6.07) is 9.33. The van der Waals surface area contributed by atoms with Gasteiger partial charge in [-0.05, 0) is 49.9 Å². The molecular weight excluding hydrogens is 286 g/mol. The van der Waals surface area contributed by atoms with Gasteiger partial charge in [-0.1, -0.05) is 54.8 Å². The molecule has 1 nitrogen and oxygen atoms in total. The van der Waals surface area contributed by atoms with Crippen LogP contribution < -0.4 is 5.32 Å². The van der Waals surface area contributed by atoms with Gasteiger partial charge in [0.1, 0.15) is 0 Å². The quantitative estimate of drug-likeness (QED) is 0.727. The highest BCUT2D eigenvalue weighted by Gasteiger charge is 2.18. The fourth-order valence-electron chi connectivity index (χ4n) is 2.67. The van der Waals surface area contributed by atoms with Crippen molar-refractivity contribution in [1.82, 2.24) is 5.32 Å². The number of nitrogens with one attached hydrogen (secondary N) is 1. The summed E-state index contributed by atoms with van der Waals surface area (Å²) in [6.07, 6.45) is 6.35. The zero-order valence-electron chi connectivity index (χ0n) is 11.9. The summed E-state index contributed by atoms with van der Waals surface area (Å²) in [5.74, 6) is 0.800. The number of halogens is 1. The van der Waals surface area contributed by atoms with E-state index in [-0.39, 0.29) is 0 Å². The number of hydrogen-bond acceptors (Lipinski definition) is 1. The Labute approximate surface area is 120 Å². The lowest BCUT2D eigenvalue weighted by Gasteiger charge is -2.26. The van der Waals surface area contributed by atoms with E-state index in [2.05, 4.69) is 66.4 Å². The van der Waals surface area contributed by atoms with E-state index in [4.69, 9.17) is 0 Å². The van der Waals surface area contributed by atoms with Gasteiger partial charge < -0.3 is 5.32 Å². The Kier molecular flexibility index (Phi) is 7.60. The molecule has 0 amide bonds. The summed E-state index contributed by atoms with van der Waals surface area (Å²) in [7, 11) is 2.10. The fraction of sp³-hybridized carbons (Fsp3) is 0.625. The minimum atomic E-state index is 0.603. The molecule has 0 saturated heterocycles. The van der Waals surface area contributed by atoms with Crippen molar-refractivity contribution in [3.63, 3.8) is 0 Å². The molecule has 18 heavy (non-hydrogen) atoms. The lowest BCUT2D eigenvalue weighted by molar-refractivity contribution is 0.323. The van der Waals surface area contributed by atoms with E-state index < -0.39 is 0 Å². The van der Waals surface area contributed by atoms with Crippen LogP contribution in [0, 0.1) is 5.92 Å². The van der Waals surface area contributed by atoms with Crippen molar-refractivity contribution in [2.75, 3.05) is 7.05 Å². The van der Waals surface area contributed by atoms with Gasteiger partial charge in [0.15, 0.2) is 0 Å². The molecule has 1 aromatic rings. The van der Waals surface area contributed by atoms with Crippen molar-refractivity contribution in [1.29, 1.82) is 0 Å². The van der Waals surface area contributed by atoms with Crippen LogP contribution in [-0.4, -0.2) is 13.1 Å². The molecule has 0 saturated carbocycles. The van der Waals surface area contributed by atoms with Gasteiger partial charge in [-0.15, -0.1) is 0 Å². The standard InChI is InChI=1S/C16H26BrN/c1-4-6-14(7-5-2)16(18-3)12-13-8-10-15(17)11-9-13/h8-11,14,16,18H,4-7,12H2,1-3H3. The molecule has 1 atom stereocenters. The first-order chi connectivity index (χ1) is 8.71. The van der Waals surface area contributed by atoms with Gasteiger partial charge in [0.2, 0.25) is 0 Å². The minimum absolute atomic E-state index is 0.603. The van der Waals surface area contributed by atoms with Gasteiger partial charge >= 0.3 is 0 Å². The van der Waals surface area contributed by atoms with Crippen LogP contribution in [0.4, 0.5) is 0 Å². The number of hydrogen-bond donors (Lipinski definition) is 1. The lowest BCUT2D eigenvalue weighted by atomic mass is 9.87. The van der Waals surface area contributed by atoms with Crippen molar-refractivity contribution in [2.45, 2.75) is 52.0 Å². The average Bonchev–Trinajstić information content (AvgIpc) is 2.38. The summed E-state index contributed by atoms with van der Waals surface area (Å²) in [6.45, 7) is 4.57. The van der Waals surface area contributed by atoms with E-state index in [0.717, 1.165) is 16.8 Å². The average molecular weight is 312 g/mol. The van der Waals surface area contributed by atoms with Crippen molar-refractivity contribution in [3.05, 3.63) is 34.3 Å². The largest absolute Gasteiger partial charge is 0.316 e. The molecule has 0 heterocycles. The molecule has 0 spiro atoms. The molecule has 0 aromatic heterocycles. The van der Waals surface area contributed by atoms with Gasteiger partial charge in [-0.25, -0.2) is 0 Å². The lowest BCUT2D eigenvalue weighted by Crippen LogP contribution is -2.35. The Morgan fingerprint density at radius 2 is 1.61 bits per heavy atom. The predicted octanol–water partition coefficient (Wildman–Crippen LogP) is 4.80. The van der Waals surface area contributed by atoms with Gasteiger partial charge in [0, 0.05) is 10.5 Å². The van der Waals surface area contributed by atoms with Gasteiger partial charge in [0.05, 0.1) is 0 Å². The smallest absolute Gasteiger partial charge is 0.0175 e. The maximum atomic E-state index is 3.52. The van der Waals surface area contributed by atoms with Crippen LogP contribution in [0.2, 0.25) is 0 Å². The maximum absolute atomic E-state index is 3.52.